The SMILES string of the molecule is Cc1no[nH+]c1C(=O)N[C@H](C)[C@H](Cc1ccc(Cl)cc1)c1ccc(Cl)cc1. The Hall–Kier alpha value is -2.37. The van der Waals surface area contributed by atoms with Gasteiger partial charge in [-0.2, -0.15) is 0 Å². The predicted molar refractivity (Wildman–Crippen MR) is 104 cm³/mol. The quantitative estimate of drug-likeness (QED) is 0.667. The van der Waals surface area contributed by atoms with Crippen molar-refractivity contribution in [3.8, 4) is 0 Å². The molecule has 0 bridgehead atoms. The molecular formula is C20H20Cl2N3O2+. The Labute approximate surface area is 167 Å². The number of aromatic amines is 1. The Morgan fingerprint density at radius 1 is 1.11 bits per heavy atom. The van der Waals surface area contributed by atoms with Gasteiger partial charge in [0.15, 0.2) is 5.16 Å². The number of aromatic nitrogens is 2. The van der Waals surface area contributed by atoms with Crippen LogP contribution in [0.1, 0.15) is 40.2 Å². The largest absolute Gasteiger partial charge is 0.346 e. The number of H-pyrrole nitrogens is 1. The third kappa shape index (κ3) is 4.87. The van der Waals surface area contributed by atoms with Crippen molar-refractivity contribution in [3.05, 3.63) is 81.1 Å². The van der Waals surface area contributed by atoms with Crippen LogP contribution in [0.5, 0.6) is 0 Å². The zero-order chi connectivity index (χ0) is 19.4. The number of hydrogen-bond acceptors (Lipinski definition) is 3. The van der Waals surface area contributed by atoms with Gasteiger partial charge in [-0.05, 0) is 48.7 Å². The molecule has 7 heteroatoms. The lowest BCUT2D eigenvalue weighted by atomic mass is 9.86. The van der Waals surface area contributed by atoms with Gasteiger partial charge in [-0.25, -0.2) is 0 Å². The lowest BCUT2D eigenvalue weighted by Crippen LogP contribution is -2.39. The minimum Gasteiger partial charge on any atom is -0.346 e. The first-order valence-corrected chi connectivity index (χ1v) is 9.34. The van der Waals surface area contributed by atoms with Crippen LogP contribution in [0.4, 0.5) is 0 Å². The van der Waals surface area contributed by atoms with Crippen molar-refractivity contribution in [2.45, 2.75) is 32.2 Å². The molecule has 0 aliphatic heterocycles. The van der Waals surface area contributed by atoms with Gasteiger partial charge in [-0.1, -0.05) is 57.3 Å². The number of amides is 1. The summed E-state index contributed by atoms with van der Waals surface area (Å²) >= 11 is 12.0. The van der Waals surface area contributed by atoms with Crippen molar-refractivity contribution in [2.75, 3.05) is 0 Å². The molecule has 1 amide bonds. The molecule has 0 spiro atoms. The van der Waals surface area contributed by atoms with Crippen LogP contribution in [0.2, 0.25) is 10.0 Å². The third-order valence-electron chi connectivity index (χ3n) is 4.55. The summed E-state index contributed by atoms with van der Waals surface area (Å²) in [5.74, 6) is -0.205. The van der Waals surface area contributed by atoms with E-state index in [-0.39, 0.29) is 17.9 Å². The van der Waals surface area contributed by atoms with Crippen LogP contribution < -0.4 is 10.5 Å². The average Bonchev–Trinajstić information content (AvgIpc) is 3.08. The lowest BCUT2D eigenvalue weighted by Gasteiger charge is -2.25. The van der Waals surface area contributed by atoms with Gasteiger partial charge in [0.05, 0.1) is 0 Å². The highest BCUT2D eigenvalue weighted by Gasteiger charge is 2.27. The molecule has 27 heavy (non-hydrogen) atoms. The van der Waals surface area contributed by atoms with E-state index < -0.39 is 0 Å². The van der Waals surface area contributed by atoms with Crippen LogP contribution in [0.25, 0.3) is 0 Å². The monoisotopic (exact) mass is 404 g/mol. The molecule has 3 aromatic rings. The summed E-state index contributed by atoms with van der Waals surface area (Å²) in [6, 6.07) is 15.3. The smallest absolute Gasteiger partial charge is 0.299 e. The Balaban J connectivity index is 1.83. The number of halogens is 2. The van der Waals surface area contributed by atoms with Gasteiger partial charge < -0.3 is 5.32 Å². The first-order chi connectivity index (χ1) is 12.9. The summed E-state index contributed by atoms with van der Waals surface area (Å²) in [5, 5.41) is 10.6. The zero-order valence-electron chi connectivity index (χ0n) is 15.0. The highest BCUT2D eigenvalue weighted by molar-refractivity contribution is 6.30. The highest BCUT2D eigenvalue weighted by Crippen LogP contribution is 2.27. The van der Waals surface area contributed by atoms with E-state index in [1.165, 1.54) is 0 Å². The summed E-state index contributed by atoms with van der Waals surface area (Å²) < 4.78 is 4.75. The van der Waals surface area contributed by atoms with Crippen molar-refractivity contribution < 1.29 is 14.6 Å². The van der Waals surface area contributed by atoms with Crippen molar-refractivity contribution in [2.24, 2.45) is 0 Å². The second-order valence-corrected chi connectivity index (χ2v) is 7.37. The van der Waals surface area contributed by atoms with Gasteiger partial charge in [-0.15, -0.1) is 0 Å². The minimum absolute atomic E-state index is 0.0487. The standard InChI is InChI=1S/C20H19Cl2N3O2/c1-12(23-20(26)19-13(2)24-27-25-19)18(15-5-9-17(22)10-6-15)11-14-3-7-16(21)8-4-14/h3-10,12,18H,11H2,1-2H3,(H,23,26)/p+1/t12-,18+/m1/s1. The molecule has 0 saturated heterocycles. The average molecular weight is 405 g/mol. The van der Waals surface area contributed by atoms with Gasteiger partial charge in [0.1, 0.15) is 0 Å². The lowest BCUT2D eigenvalue weighted by molar-refractivity contribution is -0.624. The Bertz CT molecular complexity index is 908. The van der Waals surface area contributed by atoms with E-state index >= 15 is 0 Å². The van der Waals surface area contributed by atoms with E-state index in [2.05, 4.69) is 15.6 Å². The van der Waals surface area contributed by atoms with E-state index in [1.54, 1.807) is 6.92 Å². The van der Waals surface area contributed by atoms with Crippen LogP contribution in [0.3, 0.4) is 0 Å². The van der Waals surface area contributed by atoms with Crippen LogP contribution in [0.15, 0.2) is 53.2 Å². The van der Waals surface area contributed by atoms with Crippen LogP contribution in [0, 0.1) is 6.92 Å². The van der Waals surface area contributed by atoms with E-state index in [9.17, 15) is 4.79 Å². The van der Waals surface area contributed by atoms with Gasteiger partial charge in [0, 0.05) is 28.9 Å². The van der Waals surface area contributed by atoms with Crippen molar-refractivity contribution in [1.82, 2.24) is 10.5 Å². The fourth-order valence-electron chi connectivity index (χ4n) is 3.01. The highest BCUT2D eigenvalue weighted by atomic mass is 35.5. The molecule has 1 aromatic heterocycles. The molecule has 0 unspecified atom stereocenters. The summed E-state index contributed by atoms with van der Waals surface area (Å²) in [4.78, 5) is 12.5. The maximum absolute atomic E-state index is 12.5. The Morgan fingerprint density at radius 3 is 2.26 bits per heavy atom. The third-order valence-corrected chi connectivity index (χ3v) is 5.05. The minimum atomic E-state index is -0.253. The topological polar surface area (TPSA) is 69.3 Å². The van der Waals surface area contributed by atoms with Crippen LogP contribution >= 0.6 is 23.2 Å². The molecule has 1 heterocycles. The van der Waals surface area contributed by atoms with Gasteiger partial charge in [0.25, 0.3) is 17.3 Å². The van der Waals surface area contributed by atoms with Crippen molar-refractivity contribution in [1.29, 1.82) is 0 Å². The van der Waals surface area contributed by atoms with E-state index in [1.807, 2.05) is 55.5 Å². The molecule has 0 radical (unpaired) electrons. The molecule has 140 valence electrons. The fourth-order valence-corrected chi connectivity index (χ4v) is 3.27. The molecule has 3 rings (SSSR count). The summed E-state index contributed by atoms with van der Waals surface area (Å²) in [7, 11) is 0. The maximum atomic E-state index is 12.5. The molecule has 0 aliphatic rings. The number of rotatable bonds is 6. The second kappa shape index (κ2) is 8.55. The second-order valence-electron chi connectivity index (χ2n) is 6.50. The first kappa shape index (κ1) is 19.4. The van der Waals surface area contributed by atoms with Gasteiger partial charge in [-0.3, -0.25) is 4.79 Å². The Morgan fingerprint density at radius 2 is 1.70 bits per heavy atom. The van der Waals surface area contributed by atoms with Crippen molar-refractivity contribution in [3.63, 3.8) is 0 Å². The first-order valence-electron chi connectivity index (χ1n) is 8.58. The predicted octanol–water partition coefficient (Wildman–Crippen LogP) is 4.25. The summed E-state index contributed by atoms with van der Waals surface area (Å²) in [6.45, 7) is 3.69. The number of nitrogens with one attached hydrogen (secondary N) is 2. The molecule has 0 aliphatic carbocycles. The Kier molecular flexibility index (Phi) is 6.14. The molecule has 2 atom stereocenters. The maximum Gasteiger partial charge on any atom is 0.299 e. The number of carbonyl (C=O) groups is 1. The number of nitrogens with zero attached hydrogens (tertiary/aromatic N) is 1. The zero-order valence-corrected chi connectivity index (χ0v) is 16.5. The van der Waals surface area contributed by atoms with Gasteiger partial charge in [0.2, 0.25) is 0 Å². The van der Waals surface area contributed by atoms with Crippen molar-refractivity contribution >= 4 is 29.1 Å². The molecule has 0 saturated carbocycles. The number of aryl methyl sites for hydroxylation is 1. The fraction of sp³-hybridized carbons (Fsp3) is 0.250. The van der Waals surface area contributed by atoms with E-state index in [0.29, 0.717) is 21.4 Å². The number of hydrogen-bond donors (Lipinski definition) is 1. The number of carbonyl (C=O) groups excluding carboxylic acids is 1. The summed E-state index contributed by atoms with van der Waals surface area (Å²) in [5.41, 5.74) is 3.06. The van der Waals surface area contributed by atoms with Crippen LogP contribution in [-0.4, -0.2) is 17.1 Å². The van der Waals surface area contributed by atoms with E-state index in [4.69, 9.17) is 27.8 Å². The van der Waals surface area contributed by atoms with Gasteiger partial charge >= 0.3 is 0 Å². The number of benzene rings is 2. The molecular weight excluding hydrogens is 385 g/mol. The van der Waals surface area contributed by atoms with Crippen LogP contribution in [-0.2, 0) is 6.42 Å². The summed E-state index contributed by atoms with van der Waals surface area (Å²) in [6.07, 6.45) is 0.743. The molecule has 5 nitrogen and oxygen atoms in total. The molecule has 2 N–H and O–H groups in total. The normalized spacial score (nSPS) is 13.2. The molecule has 2 aromatic carbocycles. The molecule has 0 fully saturated rings. The van der Waals surface area contributed by atoms with E-state index in [0.717, 1.165) is 17.5 Å².